The molecule has 0 atom stereocenters. The highest BCUT2D eigenvalue weighted by Gasteiger charge is 1.97. The molecule has 1 nitrogen and oxygen atoms in total. The lowest BCUT2D eigenvalue weighted by atomic mass is 10.2. The Kier molecular flexibility index (Phi) is 2.92. The van der Waals surface area contributed by atoms with E-state index in [-0.39, 0.29) is 0 Å². The molecule has 0 N–H and O–H groups in total. The van der Waals surface area contributed by atoms with E-state index in [0.29, 0.717) is 10.9 Å². The molecule has 0 bridgehead atoms. The molecular weight excluding hydrogens is 181 g/mol. The molecule has 3 heteroatoms. The zero-order valence-corrected chi connectivity index (χ0v) is 7.36. The van der Waals surface area contributed by atoms with Crippen molar-refractivity contribution in [1.29, 1.82) is 0 Å². The van der Waals surface area contributed by atoms with Crippen molar-refractivity contribution in [2.24, 2.45) is 0 Å². The second-order valence-electron chi connectivity index (χ2n) is 2.10. The highest BCUT2D eigenvalue weighted by Crippen LogP contribution is 2.13. The van der Waals surface area contributed by atoms with Crippen molar-refractivity contribution in [1.82, 2.24) is 4.98 Å². The van der Waals surface area contributed by atoms with E-state index in [1.165, 1.54) is 0 Å². The van der Waals surface area contributed by atoms with E-state index in [1.54, 1.807) is 18.3 Å². The van der Waals surface area contributed by atoms with Gasteiger partial charge in [0.25, 0.3) is 0 Å². The Morgan fingerprint density at radius 1 is 1.55 bits per heavy atom. The normalized spacial score (nSPS) is 9.64. The highest BCUT2D eigenvalue weighted by atomic mass is 35.5. The zero-order chi connectivity index (χ0) is 8.27. The molecule has 0 aromatic carbocycles. The summed E-state index contributed by atoms with van der Waals surface area (Å²) in [5.74, 6) is 0.397. The van der Waals surface area contributed by atoms with E-state index < -0.39 is 0 Å². The van der Waals surface area contributed by atoms with Gasteiger partial charge in [-0.3, -0.25) is 4.98 Å². The topological polar surface area (TPSA) is 12.9 Å². The Labute approximate surface area is 75.7 Å². The predicted molar refractivity (Wildman–Crippen MR) is 49.0 cm³/mol. The van der Waals surface area contributed by atoms with E-state index in [1.807, 2.05) is 0 Å². The number of halogens is 2. The first-order valence-electron chi connectivity index (χ1n) is 3.09. The molecule has 0 amide bonds. The van der Waals surface area contributed by atoms with Gasteiger partial charge in [0, 0.05) is 12.1 Å². The maximum Gasteiger partial charge on any atom is 0.0668 e. The summed E-state index contributed by atoms with van der Waals surface area (Å²) >= 11 is 11.2. The molecule has 0 radical (unpaired) electrons. The Balaban J connectivity index is 2.90. The second-order valence-corrected chi connectivity index (χ2v) is 2.80. The molecule has 58 valence electrons. The molecule has 0 saturated heterocycles. The smallest absolute Gasteiger partial charge is 0.0668 e. The number of nitrogens with zero attached hydrogens (tertiary/aromatic N) is 1. The van der Waals surface area contributed by atoms with Gasteiger partial charge in [-0.25, -0.2) is 0 Å². The first-order chi connectivity index (χ1) is 5.24. The molecule has 1 rings (SSSR count). The Hall–Kier alpha value is -0.530. The minimum absolute atomic E-state index is 0.397. The zero-order valence-electron chi connectivity index (χ0n) is 5.85. The summed E-state index contributed by atoms with van der Waals surface area (Å²) in [6, 6.07) is 3.56. The lowest BCUT2D eigenvalue weighted by Gasteiger charge is -1.98. The Morgan fingerprint density at radius 2 is 2.27 bits per heavy atom. The molecule has 0 aliphatic rings. The van der Waals surface area contributed by atoms with Gasteiger partial charge >= 0.3 is 0 Å². The fourth-order valence-electron chi connectivity index (χ4n) is 0.653. The van der Waals surface area contributed by atoms with Crippen molar-refractivity contribution in [2.45, 2.75) is 0 Å². The van der Waals surface area contributed by atoms with Crippen molar-refractivity contribution in [3.8, 4) is 0 Å². The molecule has 11 heavy (non-hydrogen) atoms. The number of pyridine rings is 1. The molecule has 1 aromatic rings. The number of aromatic nitrogens is 1. The Bertz CT molecular complexity index is 253. The molecule has 0 aliphatic heterocycles. The van der Waals surface area contributed by atoms with E-state index >= 15 is 0 Å². The number of alkyl halides is 1. The first-order valence-corrected chi connectivity index (χ1v) is 4.01. The third kappa shape index (κ3) is 2.21. The van der Waals surface area contributed by atoms with Crippen LogP contribution in [0.15, 0.2) is 24.9 Å². The highest BCUT2D eigenvalue weighted by molar-refractivity contribution is 6.30. The van der Waals surface area contributed by atoms with E-state index in [0.717, 1.165) is 11.3 Å². The van der Waals surface area contributed by atoms with Crippen LogP contribution in [-0.2, 0) is 0 Å². The molecule has 0 spiro atoms. The maximum absolute atomic E-state index is 5.63. The monoisotopic (exact) mass is 187 g/mol. The molecule has 0 fully saturated rings. The van der Waals surface area contributed by atoms with Crippen LogP contribution in [0.4, 0.5) is 0 Å². The molecule has 0 saturated carbocycles. The van der Waals surface area contributed by atoms with Gasteiger partial charge < -0.3 is 0 Å². The Morgan fingerprint density at radius 3 is 2.73 bits per heavy atom. The van der Waals surface area contributed by atoms with Crippen LogP contribution in [0.1, 0.15) is 5.69 Å². The summed E-state index contributed by atoms with van der Waals surface area (Å²) in [5.41, 5.74) is 1.60. The van der Waals surface area contributed by atoms with Crippen LogP contribution >= 0.6 is 23.2 Å². The van der Waals surface area contributed by atoms with Gasteiger partial charge in [-0.05, 0) is 17.7 Å². The third-order valence-electron chi connectivity index (χ3n) is 1.25. The summed E-state index contributed by atoms with van der Waals surface area (Å²) < 4.78 is 0. The minimum Gasteiger partial charge on any atom is -0.255 e. The summed E-state index contributed by atoms with van der Waals surface area (Å²) in [6.45, 7) is 3.74. The van der Waals surface area contributed by atoms with Crippen LogP contribution in [0.2, 0.25) is 5.02 Å². The first kappa shape index (κ1) is 8.57. The lowest BCUT2D eigenvalue weighted by molar-refractivity contribution is 1.27. The van der Waals surface area contributed by atoms with Gasteiger partial charge in [-0.15, -0.1) is 11.6 Å². The largest absolute Gasteiger partial charge is 0.255 e. The van der Waals surface area contributed by atoms with Crippen LogP contribution in [-0.4, -0.2) is 10.9 Å². The van der Waals surface area contributed by atoms with Gasteiger partial charge in [0.05, 0.1) is 10.7 Å². The molecular formula is C8H7Cl2N. The van der Waals surface area contributed by atoms with Gasteiger partial charge in [0.15, 0.2) is 0 Å². The number of hydrogen-bond donors (Lipinski definition) is 0. The summed E-state index contributed by atoms with van der Waals surface area (Å²) in [4.78, 5) is 4.03. The molecule has 1 heterocycles. The SMILES string of the molecule is C=C(CCl)c1ccc(Cl)cn1. The van der Waals surface area contributed by atoms with Crippen molar-refractivity contribution in [3.05, 3.63) is 35.6 Å². The van der Waals surface area contributed by atoms with Crippen LogP contribution in [0.5, 0.6) is 0 Å². The average Bonchev–Trinajstić information content (AvgIpc) is 2.05. The molecule has 0 aliphatic carbocycles. The summed E-state index contributed by atoms with van der Waals surface area (Å²) in [6.07, 6.45) is 1.58. The molecule has 0 unspecified atom stereocenters. The van der Waals surface area contributed by atoms with Crippen molar-refractivity contribution < 1.29 is 0 Å². The van der Waals surface area contributed by atoms with Crippen LogP contribution in [0.25, 0.3) is 5.57 Å². The predicted octanol–water partition coefficient (Wildman–Crippen LogP) is 2.99. The van der Waals surface area contributed by atoms with Crippen LogP contribution < -0.4 is 0 Å². The maximum atomic E-state index is 5.63. The van der Waals surface area contributed by atoms with Crippen molar-refractivity contribution >= 4 is 28.8 Å². The molecule has 1 aromatic heterocycles. The van der Waals surface area contributed by atoms with E-state index in [9.17, 15) is 0 Å². The number of rotatable bonds is 2. The fourth-order valence-corrected chi connectivity index (χ4v) is 0.902. The summed E-state index contributed by atoms with van der Waals surface area (Å²) in [7, 11) is 0. The van der Waals surface area contributed by atoms with Crippen LogP contribution in [0.3, 0.4) is 0 Å². The summed E-state index contributed by atoms with van der Waals surface area (Å²) in [5, 5.41) is 0.621. The van der Waals surface area contributed by atoms with E-state index in [2.05, 4.69) is 11.6 Å². The quantitative estimate of drug-likeness (QED) is 0.650. The van der Waals surface area contributed by atoms with Gasteiger partial charge in [0.2, 0.25) is 0 Å². The number of hydrogen-bond acceptors (Lipinski definition) is 1. The standard InChI is InChI=1S/C8H7Cl2N/c1-6(4-9)8-3-2-7(10)5-11-8/h2-3,5H,1,4H2. The van der Waals surface area contributed by atoms with Gasteiger partial charge in [-0.1, -0.05) is 18.2 Å². The van der Waals surface area contributed by atoms with Crippen molar-refractivity contribution in [2.75, 3.05) is 5.88 Å². The second kappa shape index (κ2) is 3.74. The van der Waals surface area contributed by atoms with Crippen LogP contribution in [0, 0.1) is 0 Å². The van der Waals surface area contributed by atoms with Gasteiger partial charge in [-0.2, -0.15) is 0 Å². The van der Waals surface area contributed by atoms with Crippen molar-refractivity contribution in [3.63, 3.8) is 0 Å². The lowest BCUT2D eigenvalue weighted by Crippen LogP contribution is -1.87. The average molecular weight is 188 g/mol. The van der Waals surface area contributed by atoms with E-state index in [4.69, 9.17) is 23.2 Å². The third-order valence-corrected chi connectivity index (χ3v) is 1.80. The minimum atomic E-state index is 0.397. The fraction of sp³-hybridized carbons (Fsp3) is 0.125. The number of allylic oxidation sites excluding steroid dienone is 1. The van der Waals surface area contributed by atoms with Gasteiger partial charge in [0.1, 0.15) is 0 Å².